The molecule has 0 amide bonds. The van der Waals surface area contributed by atoms with Crippen LogP contribution in [0.1, 0.15) is 13.8 Å². The van der Waals surface area contributed by atoms with Crippen molar-refractivity contribution in [3.8, 4) is 0 Å². The van der Waals surface area contributed by atoms with Crippen LogP contribution in [-0.2, 0) is 7.05 Å². The second-order valence-corrected chi connectivity index (χ2v) is 7.70. The fourth-order valence-corrected chi connectivity index (χ4v) is 3.97. The van der Waals surface area contributed by atoms with Crippen LogP contribution in [0.3, 0.4) is 0 Å². The number of hydrogen-bond donors (Lipinski definition) is 3. The lowest BCUT2D eigenvalue weighted by Gasteiger charge is -2.36. The number of hydrogen-bond acceptors (Lipinski definition) is 7. The number of rotatable bonds is 3. The van der Waals surface area contributed by atoms with Crippen molar-refractivity contribution < 1.29 is 4.39 Å². The molecule has 1 aliphatic heterocycles. The smallest absolute Gasteiger partial charge is 0.203 e. The van der Waals surface area contributed by atoms with Crippen LogP contribution in [0.15, 0.2) is 24.5 Å². The van der Waals surface area contributed by atoms with Crippen LogP contribution >= 0.6 is 0 Å². The van der Waals surface area contributed by atoms with Gasteiger partial charge in [0.1, 0.15) is 11.3 Å². The lowest BCUT2D eigenvalue weighted by Crippen LogP contribution is -2.54. The molecule has 0 saturated carbocycles. The Morgan fingerprint density at radius 3 is 2.76 bits per heavy atom. The van der Waals surface area contributed by atoms with Gasteiger partial charge in [0, 0.05) is 49.5 Å². The Labute approximate surface area is 166 Å². The van der Waals surface area contributed by atoms with E-state index < -0.39 is 0 Å². The molecule has 4 aromatic rings. The maximum Gasteiger partial charge on any atom is 0.203 e. The summed E-state index contributed by atoms with van der Waals surface area (Å²) in [5.74, 6) is 0.993. The highest BCUT2D eigenvalue weighted by molar-refractivity contribution is 5.88. The number of piperazine rings is 1. The standard InChI is InChI=1S/C19H22FN9/c1-10-7-29(8-11(2)22-10)15-6-21-17-18(25-26-19(17)24-15)23-13-4-12-9-28(3)27-16(12)14(20)5-13/h4-6,9-11,22H,7-8H2,1-3H3,(H2,23,24,25,26)/t10-,11-/m0/s1. The predicted molar refractivity (Wildman–Crippen MR) is 110 cm³/mol. The minimum Gasteiger partial charge on any atom is -0.352 e. The molecule has 1 saturated heterocycles. The van der Waals surface area contributed by atoms with E-state index in [0.29, 0.717) is 45.7 Å². The van der Waals surface area contributed by atoms with E-state index in [1.807, 2.05) is 6.07 Å². The summed E-state index contributed by atoms with van der Waals surface area (Å²) < 4.78 is 15.9. The van der Waals surface area contributed by atoms with Crippen LogP contribution in [-0.4, -0.2) is 55.1 Å². The molecular weight excluding hydrogens is 373 g/mol. The van der Waals surface area contributed by atoms with Gasteiger partial charge in [-0.3, -0.25) is 9.78 Å². The van der Waals surface area contributed by atoms with E-state index in [0.717, 1.165) is 18.9 Å². The topological polar surface area (TPSA) is 99.6 Å². The van der Waals surface area contributed by atoms with Crippen molar-refractivity contribution in [3.05, 3.63) is 30.3 Å². The Kier molecular flexibility index (Phi) is 4.09. The Bertz CT molecular complexity index is 1190. The molecule has 1 aliphatic rings. The van der Waals surface area contributed by atoms with Gasteiger partial charge >= 0.3 is 0 Å². The van der Waals surface area contributed by atoms with Crippen molar-refractivity contribution in [2.24, 2.45) is 7.05 Å². The first-order valence-electron chi connectivity index (χ1n) is 9.58. The highest BCUT2D eigenvalue weighted by Crippen LogP contribution is 2.27. The normalized spacial score (nSPS) is 19.9. The van der Waals surface area contributed by atoms with E-state index in [9.17, 15) is 4.39 Å². The fourth-order valence-electron chi connectivity index (χ4n) is 3.97. The van der Waals surface area contributed by atoms with Crippen molar-refractivity contribution in [1.82, 2.24) is 35.3 Å². The van der Waals surface area contributed by atoms with E-state index >= 15 is 0 Å². The molecule has 0 spiro atoms. The van der Waals surface area contributed by atoms with Crippen molar-refractivity contribution in [3.63, 3.8) is 0 Å². The third kappa shape index (κ3) is 3.25. The number of aryl methyl sites for hydroxylation is 1. The monoisotopic (exact) mass is 395 g/mol. The Hall–Kier alpha value is -3.27. The Morgan fingerprint density at radius 1 is 1.17 bits per heavy atom. The molecule has 9 nitrogen and oxygen atoms in total. The first-order valence-corrected chi connectivity index (χ1v) is 9.58. The zero-order valence-corrected chi connectivity index (χ0v) is 16.4. The Balaban J connectivity index is 1.44. The molecule has 29 heavy (non-hydrogen) atoms. The number of fused-ring (bicyclic) bond motifs is 2. The van der Waals surface area contributed by atoms with E-state index in [1.165, 1.54) is 6.07 Å². The number of aromatic nitrogens is 6. The Morgan fingerprint density at radius 2 is 1.97 bits per heavy atom. The molecule has 10 heteroatoms. The van der Waals surface area contributed by atoms with Crippen molar-refractivity contribution in [2.75, 3.05) is 23.3 Å². The average Bonchev–Trinajstić information content (AvgIpc) is 3.24. The van der Waals surface area contributed by atoms with E-state index in [2.05, 4.69) is 54.6 Å². The number of nitrogens with one attached hydrogen (secondary N) is 3. The second-order valence-electron chi connectivity index (χ2n) is 7.70. The van der Waals surface area contributed by atoms with Crippen LogP contribution in [0.4, 0.5) is 21.7 Å². The van der Waals surface area contributed by atoms with E-state index in [-0.39, 0.29) is 5.82 Å². The van der Waals surface area contributed by atoms with Gasteiger partial charge in [0.15, 0.2) is 17.2 Å². The largest absolute Gasteiger partial charge is 0.352 e. The first-order chi connectivity index (χ1) is 14.0. The van der Waals surface area contributed by atoms with Gasteiger partial charge in [-0.2, -0.15) is 10.2 Å². The number of halogens is 1. The molecule has 5 rings (SSSR count). The molecule has 0 radical (unpaired) electrons. The molecule has 3 N–H and O–H groups in total. The maximum absolute atomic E-state index is 14.3. The third-order valence-electron chi connectivity index (χ3n) is 5.08. The average molecular weight is 395 g/mol. The number of anilines is 3. The van der Waals surface area contributed by atoms with E-state index in [4.69, 9.17) is 0 Å². The van der Waals surface area contributed by atoms with E-state index in [1.54, 1.807) is 24.1 Å². The van der Waals surface area contributed by atoms with Crippen LogP contribution in [0.25, 0.3) is 22.1 Å². The molecule has 4 heterocycles. The van der Waals surface area contributed by atoms with Gasteiger partial charge < -0.3 is 15.5 Å². The molecule has 1 aromatic carbocycles. The summed E-state index contributed by atoms with van der Waals surface area (Å²) >= 11 is 0. The highest BCUT2D eigenvalue weighted by atomic mass is 19.1. The van der Waals surface area contributed by atoms with Gasteiger partial charge in [-0.05, 0) is 26.0 Å². The van der Waals surface area contributed by atoms with Gasteiger partial charge in [0.2, 0.25) is 5.65 Å². The quantitative estimate of drug-likeness (QED) is 0.489. The number of H-pyrrole nitrogens is 1. The molecular formula is C19H22FN9. The lowest BCUT2D eigenvalue weighted by molar-refractivity contribution is 0.405. The molecule has 2 atom stereocenters. The molecule has 1 fully saturated rings. The number of aromatic amines is 1. The summed E-state index contributed by atoms with van der Waals surface area (Å²) in [6.45, 7) is 6.04. The maximum atomic E-state index is 14.3. The summed E-state index contributed by atoms with van der Waals surface area (Å²) in [5.41, 5.74) is 2.06. The van der Waals surface area contributed by atoms with Crippen LogP contribution in [0, 0.1) is 5.82 Å². The lowest BCUT2D eigenvalue weighted by atomic mass is 10.1. The van der Waals surface area contributed by atoms with Crippen molar-refractivity contribution in [1.29, 1.82) is 0 Å². The van der Waals surface area contributed by atoms with Crippen LogP contribution in [0.5, 0.6) is 0 Å². The minimum absolute atomic E-state index is 0.344. The summed E-state index contributed by atoms with van der Waals surface area (Å²) in [4.78, 5) is 11.4. The summed E-state index contributed by atoms with van der Waals surface area (Å²) in [7, 11) is 1.77. The summed E-state index contributed by atoms with van der Waals surface area (Å²) in [6.07, 6.45) is 3.54. The first kappa shape index (κ1) is 17.8. The highest BCUT2D eigenvalue weighted by Gasteiger charge is 2.23. The predicted octanol–water partition coefficient (Wildman–Crippen LogP) is 2.31. The van der Waals surface area contributed by atoms with Crippen molar-refractivity contribution in [2.45, 2.75) is 25.9 Å². The summed E-state index contributed by atoms with van der Waals surface area (Å²) in [6, 6.07) is 4.01. The zero-order chi connectivity index (χ0) is 20.1. The molecule has 0 aliphatic carbocycles. The van der Waals surface area contributed by atoms with Crippen LogP contribution in [0.2, 0.25) is 0 Å². The van der Waals surface area contributed by atoms with Gasteiger partial charge in [-0.15, -0.1) is 0 Å². The van der Waals surface area contributed by atoms with Gasteiger partial charge in [0.05, 0.1) is 6.20 Å². The van der Waals surface area contributed by atoms with Gasteiger partial charge in [-0.1, -0.05) is 0 Å². The van der Waals surface area contributed by atoms with Crippen molar-refractivity contribution >= 4 is 39.4 Å². The zero-order valence-electron chi connectivity index (χ0n) is 16.4. The third-order valence-corrected chi connectivity index (χ3v) is 5.08. The molecule has 0 bridgehead atoms. The van der Waals surface area contributed by atoms with Gasteiger partial charge in [-0.25, -0.2) is 14.4 Å². The number of benzene rings is 1. The second kappa shape index (κ2) is 6.66. The van der Waals surface area contributed by atoms with Crippen LogP contribution < -0.4 is 15.5 Å². The SMILES string of the molecule is C[C@H]1CN(c2cnc3c(Nc4cc(F)c5nn(C)cc5c4)[nH]nc3n2)C[C@H](C)N1. The molecule has 150 valence electrons. The fraction of sp³-hybridized carbons (Fsp3) is 0.368. The molecule has 3 aromatic heterocycles. The minimum atomic E-state index is -0.385. The summed E-state index contributed by atoms with van der Waals surface area (Å²) in [5, 5.41) is 18.7. The molecule has 0 unspecified atom stereocenters. The number of nitrogens with zero attached hydrogens (tertiary/aromatic N) is 6. The van der Waals surface area contributed by atoms with Gasteiger partial charge in [0.25, 0.3) is 0 Å².